The maximum absolute atomic E-state index is 14.0. The highest BCUT2D eigenvalue weighted by atomic mass is 19.1. The zero-order chi connectivity index (χ0) is 17.0. The Hall–Kier alpha value is -1.83. The molecule has 2 aromatic rings. The van der Waals surface area contributed by atoms with Crippen molar-refractivity contribution in [2.75, 3.05) is 0 Å². The summed E-state index contributed by atoms with van der Waals surface area (Å²) in [5.74, 6) is 3.56. The number of hydrogen-bond acceptors (Lipinski definition) is 1. The van der Waals surface area contributed by atoms with Crippen molar-refractivity contribution >= 4 is 0 Å². The molecule has 4 aliphatic rings. The lowest BCUT2D eigenvalue weighted by atomic mass is 9.48. The molecule has 0 aliphatic heterocycles. The number of hydrogen-bond donors (Lipinski definition) is 0. The largest absolute Gasteiger partial charge is 0.454 e. The summed E-state index contributed by atoms with van der Waals surface area (Å²) in [6, 6.07) is 13.6. The summed E-state index contributed by atoms with van der Waals surface area (Å²) < 4.78 is 19.8. The van der Waals surface area contributed by atoms with Crippen LogP contribution in [0.5, 0.6) is 11.5 Å². The van der Waals surface area contributed by atoms with Gasteiger partial charge in [-0.2, -0.15) is 0 Å². The molecule has 0 atom stereocenters. The minimum Gasteiger partial charge on any atom is -0.454 e. The van der Waals surface area contributed by atoms with Gasteiger partial charge in [-0.15, -0.1) is 0 Å². The second kappa shape index (κ2) is 5.59. The van der Waals surface area contributed by atoms with E-state index in [4.69, 9.17) is 4.74 Å². The topological polar surface area (TPSA) is 9.23 Å². The van der Waals surface area contributed by atoms with Gasteiger partial charge in [0.05, 0.1) is 0 Å². The first-order valence-electron chi connectivity index (χ1n) is 9.64. The Balaban J connectivity index is 1.38. The molecule has 0 spiro atoms. The third kappa shape index (κ3) is 2.67. The van der Waals surface area contributed by atoms with Gasteiger partial charge in [-0.25, -0.2) is 4.39 Å². The molecule has 0 N–H and O–H groups in total. The van der Waals surface area contributed by atoms with Crippen molar-refractivity contribution in [2.24, 2.45) is 17.8 Å². The normalized spacial score (nSPS) is 32.8. The monoisotopic (exact) mass is 336 g/mol. The summed E-state index contributed by atoms with van der Waals surface area (Å²) in [5, 5.41) is 0. The first kappa shape index (κ1) is 15.4. The molecule has 2 aromatic carbocycles. The lowest BCUT2D eigenvalue weighted by Crippen LogP contribution is -2.48. The second-order valence-corrected chi connectivity index (χ2v) is 8.76. The summed E-state index contributed by atoms with van der Waals surface area (Å²) in [6.45, 7) is 1.88. The van der Waals surface area contributed by atoms with E-state index in [1.165, 1.54) is 50.2 Å². The Morgan fingerprint density at radius 1 is 0.880 bits per heavy atom. The zero-order valence-corrected chi connectivity index (χ0v) is 14.8. The van der Waals surface area contributed by atoms with Gasteiger partial charge in [-0.1, -0.05) is 18.2 Å². The molecule has 130 valence electrons. The predicted octanol–water partition coefficient (Wildman–Crippen LogP) is 6.39. The van der Waals surface area contributed by atoms with Crippen molar-refractivity contribution in [1.29, 1.82) is 0 Å². The molecule has 0 amide bonds. The van der Waals surface area contributed by atoms with Crippen molar-refractivity contribution in [3.63, 3.8) is 0 Å². The van der Waals surface area contributed by atoms with Crippen LogP contribution in [-0.4, -0.2) is 0 Å². The molecule has 4 aliphatic carbocycles. The lowest BCUT2D eigenvalue weighted by molar-refractivity contribution is -0.00519. The minimum absolute atomic E-state index is 0.299. The van der Waals surface area contributed by atoms with Crippen LogP contribution < -0.4 is 4.74 Å². The third-order valence-corrected chi connectivity index (χ3v) is 6.82. The van der Waals surface area contributed by atoms with Crippen LogP contribution in [0.2, 0.25) is 0 Å². The van der Waals surface area contributed by atoms with Gasteiger partial charge in [0.2, 0.25) is 0 Å². The Bertz CT molecular complexity index is 757. The third-order valence-electron chi connectivity index (χ3n) is 6.82. The van der Waals surface area contributed by atoms with Gasteiger partial charge < -0.3 is 4.74 Å². The molecule has 4 saturated carbocycles. The second-order valence-electron chi connectivity index (χ2n) is 8.76. The molecule has 0 aromatic heterocycles. The fourth-order valence-corrected chi connectivity index (χ4v) is 6.16. The number of rotatable bonds is 3. The van der Waals surface area contributed by atoms with Crippen molar-refractivity contribution in [3.8, 4) is 11.5 Å². The van der Waals surface area contributed by atoms with Crippen LogP contribution in [0, 0.1) is 30.5 Å². The summed E-state index contributed by atoms with van der Waals surface area (Å²) in [4.78, 5) is 0. The van der Waals surface area contributed by atoms with Crippen LogP contribution in [0.4, 0.5) is 4.39 Å². The predicted molar refractivity (Wildman–Crippen MR) is 97.5 cm³/mol. The van der Waals surface area contributed by atoms with E-state index in [2.05, 4.69) is 12.1 Å². The lowest BCUT2D eigenvalue weighted by Gasteiger charge is -2.57. The van der Waals surface area contributed by atoms with E-state index in [1.54, 1.807) is 6.07 Å². The van der Waals surface area contributed by atoms with E-state index >= 15 is 0 Å². The Labute approximate surface area is 149 Å². The standard InChI is InChI=1S/C23H25FO/c1-15-2-7-22(21(24)8-15)25-20-5-3-19(4-6-20)23-12-16-9-17(13-23)11-18(10-16)14-23/h2-8,16-18H,9-14H2,1H3. The van der Waals surface area contributed by atoms with Gasteiger partial charge in [0.15, 0.2) is 11.6 Å². The maximum Gasteiger partial charge on any atom is 0.165 e. The van der Waals surface area contributed by atoms with Crippen molar-refractivity contribution in [1.82, 2.24) is 0 Å². The Morgan fingerprint density at radius 3 is 2.04 bits per heavy atom. The van der Waals surface area contributed by atoms with Crippen LogP contribution in [-0.2, 0) is 5.41 Å². The molecule has 0 radical (unpaired) electrons. The average Bonchev–Trinajstić information content (AvgIpc) is 2.57. The molecule has 4 fully saturated rings. The van der Waals surface area contributed by atoms with Crippen LogP contribution >= 0.6 is 0 Å². The smallest absolute Gasteiger partial charge is 0.165 e. The van der Waals surface area contributed by atoms with Gasteiger partial charge in [-0.3, -0.25) is 0 Å². The van der Waals surface area contributed by atoms with Crippen molar-refractivity contribution in [3.05, 3.63) is 59.4 Å². The van der Waals surface area contributed by atoms with Gasteiger partial charge in [-0.05, 0) is 104 Å². The first-order valence-corrected chi connectivity index (χ1v) is 9.64. The summed E-state index contributed by atoms with van der Waals surface area (Å²) in [6.07, 6.45) is 8.50. The van der Waals surface area contributed by atoms with Crippen LogP contribution in [0.15, 0.2) is 42.5 Å². The highest BCUT2D eigenvalue weighted by Crippen LogP contribution is 2.60. The molecular formula is C23H25FO. The van der Waals surface area contributed by atoms with Gasteiger partial charge in [0, 0.05) is 0 Å². The average molecular weight is 336 g/mol. The molecule has 0 unspecified atom stereocenters. The summed E-state index contributed by atoms with van der Waals surface area (Å²) in [7, 11) is 0. The van der Waals surface area contributed by atoms with Crippen molar-refractivity contribution < 1.29 is 9.13 Å². The van der Waals surface area contributed by atoms with Crippen molar-refractivity contribution in [2.45, 2.75) is 50.9 Å². The zero-order valence-electron chi connectivity index (χ0n) is 14.8. The number of halogens is 1. The maximum atomic E-state index is 14.0. The molecule has 1 nitrogen and oxygen atoms in total. The SMILES string of the molecule is Cc1ccc(Oc2ccc(C34CC5CC(CC(C5)C3)C4)cc2)c(F)c1. The number of ether oxygens (including phenoxy) is 1. The number of aryl methyl sites for hydroxylation is 1. The molecule has 6 rings (SSSR count). The molecule has 2 heteroatoms. The fourth-order valence-electron chi connectivity index (χ4n) is 6.16. The molecule has 0 heterocycles. The molecule has 4 bridgehead atoms. The van der Waals surface area contributed by atoms with E-state index in [9.17, 15) is 4.39 Å². The van der Waals surface area contributed by atoms with E-state index < -0.39 is 0 Å². The van der Waals surface area contributed by atoms with Crippen LogP contribution in [0.1, 0.15) is 49.7 Å². The first-order chi connectivity index (χ1) is 12.1. The van der Waals surface area contributed by atoms with Gasteiger partial charge >= 0.3 is 0 Å². The molecule has 25 heavy (non-hydrogen) atoms. The summed E-state index contributed by atoms with van der Waals surface area (Å²) in [5.41, 5.74) is 2.79. The van der Waals surface area contributed by atoms with Crippen LogP contribution in [0.3, 0.4) is 0 Å². The van der Waals surface area contributed by atoms with E-state index in [0.29, 0.717) is 11.2 Å². The van der Waals surface area contributed by atoms with E-state index in [1.807, 2.05) is 25.1 Å². The number of benzene rings is 2. The quantitative estimate of drug-likeness (QED) is 0.630. The molecular weight excluding hydrogens is 311 g/mol. The fraction of sp³-hybridized carbons (Fsp3) is 0.478. The van der Waals surface area contributed by atoms with E-state index in [0.717, 1.165) is 29.1 Å². The Morgan fingerprint density at radius 2 is 1.48 bits per heavy atom. The Kier molecular flexibility index (Phi) is 3.45. The summed E-state index contributed by atoms with van der Waals surface area (Å²) >= 11 is 0. The van der Waals surface area contributed by atoms with Gasteiger partial charge in [0.1, 0.15) is 5.75 Å². The molecule has 0 saturated heterocycles. The highest BCUT2D eigenvalue weighted by molar-refractivity contribution is 5.38. The van der Waals surface area contributed by atoms with E-state index in [-0.39, 0.29) is 5.82 Å². The van der Waals surface area contributed by atoms with Gasteiger partial charge in [0.25, 0.3) is 0 Å². The highest BCUT2D eigenvalue weighted by Gasteiger charge is 2.51. The van der Waals surface area contributed by atoms with Crippen LogP contribution in [0.25, 0.3) is 0 Å². The minimum atomic E-state index is -0.301.